The van der Waals surface area contributed by atoms with Crippen LogP contribution in [0, 0.1) is 0 Å². The van der Waals surface area contributed by atoms with E-state index in [0.717, 1.165) is 24.0 Å². The second kappa shape index (κ2) is 10.1. The molecule has 4 heteroatoms. The summed E-state index contributed by atoms with van der Waals surface area (Å²) in [6.45, 7) is 3.58. The zero-order chi connectivity index (χ0) is 18.8. The maximum absolute atomic E-state index is 13.3. The fraction of sp³-hybridized carbons (Fsp3) is 0.409. The maximum atomic E-state index is 13.3. The molecular formula is C22H29NO3. The van der Waals surface area contributed by atoms with Crippen molar-refractivity contribution in [3.05, 3.63) is 71.8 Å². The zero-order valence-corrected chi connectivity index (χ0v) is 16.0. The molecule has 0 heterocycles. The number of carbonyl (C=O) groups is 1. The minimum absolute atomic E-state index is 0.324. The van der Waals surface area contributed by atoms with Crippen LogP contribution in [0.1, 0.15) is 30.9 Å². The van der Waals surface area contributed by atoms with Gasteiger partial charge in [-0.1, -0.05) is 74.0 Å². The van der Waals surface area contributed by atoms with Crippen molar-refractivity contribution in [2.75, 3.05) is 33.9 Å². The van der Waals surface area contributed by atoms with Gasteiger partial charge in [-0.25, -0.2) is 4.79 Å². The first-order valence-electron chi connectivity index (χ1n) is 9.18. The molecule has 0 aromatic heterocycles. The zero-order valence-electron chi connectivity index (χ0n) is 16.0. The third-order valence-electron chi connectivity index (χ3n) is 4.24. The Morgan fingerprint density at radius 3 is 1.92 bits per heavy atom. The highest BCUT2D eigenvalue weighted by Crippen LogP contribution is 2.35. The first-order chi connectivity index (χ1) is 12.6. The van der Waals surface area contributed by atoms with Crippen LogP contribution in [-0.2, 0) is 19.9 Å². The second-order valence-electron chi connectivity index (χ2n) is 6.55. The number of unbranched alkanes of at least 4 members (excludes halogenated alkanes) is 1. The van der Waals surface area contributed by atoms with Crippen molar-refractivity contribution in [2.45, 2.75) is 25.4 Å². The molecule has 2 aromatic rings. The highest BCUT2D eigenvalue weighted by Gasteiger charge is 2.45. The highest BCUT2D eigenvalue weighted by atomic mass is 16.6. The Kier molecular flexibility index (Phi) is 7.82. The lowest BCUT2D eigenvalue weighted by Gasteiger charge is -2.33. The van der Waals surface area contributed by atoms with E-state index in [1.165, 1.54) is 0 Å². The monoisotopic (exact) mass is 355 g/mol. The maximum Gasteiger partial charge on any atom is 0.347 e. The Labute approximate surface area is 156 Å². The number of hydrogen-bond acceptors (Lipinski definition) is 4. The molecule has 0 amide bonds. The molecule has 0 aliphatic carbocycles. The van der Waals surface area contributed by atoms with E-state index in [1.807, 2.05) is 79.7 Å². The fourth-order valence-corrected chi connectivity index (χ4v) is 2.77. The number of likely N-dealkylation sites (N-methyl/N-ethyl adjacent to an activating group) is 1. The average molecular weight is 355 g/mol. The molecule has 0 aliphatic heterocycles. The quantitative estimate of drug-likeness (QED) is 0.479. The lowest BCUT2D eigenvalue weighted by Crippen LogP contribution is -2.42. The topological polar surface area (TPSA) is 38.8 Å². The summed E-state index contributed by atoms with van der Waals surface area (Å²) >= 11 is 0. The molecule has 0 radical (unpaired) electrons. The number of nitrogens with zero attached hydrogens (tertiary/aromatic N) is 1. The molecule has 26 heavy (non-hydrogen) atoms. The van der Waals surface area contributed by atoms with Crippen molar-refractivity contribution in [1.29, 1.82) is 0 Å². The van der Waals surface area contributed by atoms with Gasteiger partial charge in [0.05, 0.1) is 0 Å². The Morgan fingerprint density at radius 1 is 0.923 bits per heavy atom. The van der Waals surface area contributed by atoms with Gasteiger partial charge in [0.1, 0.15) is 6.61 Å². The Balaban J connectivity index is 2.44. The predicted octanol–water partition coefficient (Wildman–Crippen LogP) is 3.85. The minimum atomic E-state index is -1.25. The Morgan fingerprint density at radius 2 is 1.46 bits per heavy atom. The van der Waals surface area contributed by atoms with Crippen LogP contribution < -0.4 is 0 Å². The van der Waals surface area contributed by atoms with Crippen LogP contribution in [-0.4, -0.2) is 44.7 Å². The summed E-state index contributed by atoms with van der Waals surface area (Å²) in [7, 11) is 3.90. The van der Waals surface area contributed by atoms with Gasteiger partial charge in [0, 0.05) is 13.2 Å². The van der Waals surface area contributed by atoms with Crippen molar-refractivity contribution in [2.24, 2.45) is 0 Å². The lowest BCUT2D eigenvalue weighted by molar-refractivity contribution is -0.169. The molecule has 4 nitrogen and oxygen atoms in total. The number of rotatable bonds is 10. The van der Waals surface area contributed by atoms with Crippen LogP contribution in [0.2, 0.25) is 0 Å². The first-order valence-corrected chi connectivity index (χ1v) is 9.18. The minimum Gasteiger partial charge on any atom is -0.462 e. The van der Waals surface area contributed by atoms with E-state index >= 15 is 0 Å². The van der Waals surface area contributed by atoms with Gasteiger partial charge >= 0.3 is 5.97 Å². The summed E-state index contributed by atoms with van der Waals surface area (Å²) in [5.74, 6) is -0.368. The average Bonchev–Trinajstić information content (AvgIpc) is 2.66. The summed E-state index contributed by atoms with van der Waals surface area (Å²) in [4.78, 5) is 15.3. The molecule has 0 unspecified atom stereocenters. The lowest BCUT2D eigenvalue weighted by atomic mass is 9.86. The molecule has 0 bridgehead atoms. The number of carbonyl (C=O) groups excluding carboxylic acids is 1. The van der Waals surface area contributed by atoms with Crippen LogP contribution in [0.4, 0.5) is 0 Å². The van der Waals surface area contributed by atoms with Crippen molar-refractivity contribution >= 4 is 5.97 Å². The smallest absolute Gasteiger partial charge is 0.347 e. The van der Waals surface area contributed by atoms with Crippen LogP contribution >= 0.6 is 0 Å². The summed E-state index contributed by atoms with van der Waals surface area (Å²) < 4.78 is 11.9. The molecule has 0 saturated heterocycles. The van der Waals surface area contributed by atoms with Crippen LogP contribution in [0.3, 0.4) is 0 Å². The molecule has 0 fully saturated rings. The van der Waals surface area contributed by atoms with Crippen molar-refractivity contribution in [3.8, 4) is 0 Å². The number of benzene rings is 2. The van der Waals surface area contributed by atoms with E-state index in [1.54, 1.807) is 0 Å². The summed E-state index contributed by atoms with van der Waals surface area (Å²) in [6.07, 6.45) is 1.88. The van der Waals surface area contributed by atoms with E-state index < -0.39 is 5.60 Å². The van der Waals surface area contributed by atoms with E-state index in [0.29, 0.717) is 19.8 Å². The summed E-state index contributed by atoms with van der Waals surface area (Å²) in [5.41, 5.74) is 0.332. The Bertz CT molecular complexity index is 616. The van der Waals surface area contributed by atoms with E-state index in [9.17, 15) is 4.79 Å². The molecule has 0 atom stereocenters. The van der Waals surface area contributed by atoms with Crippen molar-refractivity contribution < 1.29 is 14.3 Å². The molecule has 0 aliphatic rings. The van der Waals surface area contributed by atoms with E-state index in [2.05, 4.69) is 6.92 Å². The first kappa shape index (κ1) is 20.1. The fourth-order valence-electron chi connectivity index (χ4n) is 2.77. The molecule has 0 N–H and O–H groups in total. The van der Waals surface area contributed by atoms with Gasteiger partial charge < -0.3 is 14.4 Å². The molecule has 140 valence electrons. The largest absolute Gasteiger partial charge is 0.462 e. The SMILES string of the molecule is CCCCOC(C(=O)OCCN(C)C)(c1ccccc1)c1ccccc1. The summed E-state index contributed by atoms with van der Waals surface area (Å²) in [5, 5.41) is 0. The normalized spacial score (nSPS) is 11.5. The number of esters is 1. The van der Waals surface area contributed by atoms with Gasteiger partial charge in [0.15, 0.2) is 0 Å². The van der Waals surface area contributed by atoms with Crippen LogP contribution in [0.15, 0.2) is 60.7 Å². The summed E-state index contributed by atoms with van der Waals surface area (Å²) in [6, 6.07) is 19.2. The number of hydrogen-bond donors (Lipinski definition) is 0. The van der Waals surface area contributed by atoms with Crippen molar-refractivity contribution in [1.82, 2.24) is 4.90 Å². The molecular weight excluding hydrogens is 326 g/mol. The molecule has 2 aromatic carbocycles. The van der Waals surface area contributed by atoms with Gasteiger partial charge in [-0.2, -0.15) is 0 Å². The van der Waals surface area contributed by atoms with Gasteiger partial charge in [0.25, 0.3) is 0 Å². The third-order valence-corrected chi connectivity index (χ3v) is 4.24. The van der Waals surface area contributed by atoms with Gasteiger partial charge in [-0.05, 0) is 31.6 Å². The van der Waals surface area contributed by atoms with Crippen LogP contribution in [0.5, 0.6) is 0 Å². The second-order valence-corrected chi connectivity index (χ2v) is 6.55. The van der Waals surface area contributed by atoms with E-state index in [-0.39, 0.29) is 5.97 Å². The van der Waals surface area contributed by atoms with Gasteiger partial charge in [-0.3, -0.25) is 0 Å². The standard InChI is InChI=1S/C22H29NO3/c1-4-5-17-26-22(19-12-8-6-9-13-19,20-14-10-7-11-15-20)21(24)25-18-16-23(2)3/h6-15H,4-5,16-18H2,1-3H3. The molecule has 0 spiro atoms. The van der Waals surface area contributed by atoms with Crippen molar-refractivity contribution in [3.63, 3.8) is 0 Å². The third kappa shape index (κ3) is 4.93. The van der Waals surface area contributed by atoms with Gasteiger partial charge in [0.2, 0.25) is 5.60 Å². The highest BCUT2D eigenvalue weighted by molar-refractivity contribution is 5.85. The molecule has 0 saturated carbocycles. The van der Waals surface area contributed by atoms with Crippen LogP contribution in [0.25, 0.3) is 0 Å². The molecule has 2 rings (SSSR count). The Hall–Kier alpha value is -2.17. The van der Waals surface area contributed by atoms with Gasteiger partial charge in [-0.15, -0.1) is 0 Å². The predicted molar refractivity (Wildman–Crippen MR) is 104 cm³/mol. The van der Waals surface area contributed by atoms with E-state index in [4.69, 9.17) is 9.47 Å². The number of ether oxygens (including phenoxy) is 2.